The predicted octanol–water partition coefficient (Wildman–Crippen LogP) is 4.07. The SMILES string of the molecule is COc1ccc(CN2Cc3c(F)cc(C(NCC4CCC4)C4COC4)cc3C2=O)cc1. The molecule has 2 aromatic carbocycles. The van der Waals surface area contributed by atoms with Crippen LogP contribution in [-0.4, -0.2) is 37.7 Å². The van der Waals surface area contributed by atoms with Crippen LogP contribution in [0.2, 0.25) is 0 Å². The van der Waals surface area contributed by atoms with Crippen LogP contribution in [0.4, 0.5) is 4.39 Å². The molecule has 3 aliphatic rings. The number of rotatable bonds is 8. The number of carbonyl (C=O) groups excluding carboxylic acids is 1. The lowest BCUT2D eigenvalue weighted by atomic mass is 9.84. The number of methoxy groups -OCH3 is 1. The topological polar surface area (TPSA) is 50.8 Å². The van der Waals surface area contributed by atoms with Crippen molar-refractivity contribution in [3.05, 3.63) is 64.5 Å². The van der Waals surface area contributed by atoms with Crippen molar-refractivity contribution in [3.8, 4) is 5.75 Å². The van der Waals surface area contributed by atoms with Gasteiger partial charge in [-0.05, 0) is 60.7 Å². The van der Waals surface area contributed by atoms with Gasteiger partial charge in [-0.1, -0.05) is 18.6 Å². The van der Waals surface area contributed by atoms with Gasteiger partial charge in [-0.3, -0.25) is 4.79 Å². The second kappa shape index (κ2) is 8.60. The molecular formula is C25H29FN2O3. The van der Waals surface area contributed by atoms with Gasteiger partial charge in [0.15, 0.2) is 0 Å². The third-order valence-corrected chi connectivity index (χ3v) is 6.96. The molecule has 1 amide bonds. The molecule has 1 aliphatic carbocycles. The molecule has 164 valence electrons. The zero-order valence-electron chi connectivity index (χ0n) is 17.9. The first kappa shape index (κ1) is 20.5. The van der Waals surface area contributed by atoms with E-state index in [0.29, 0.717) is 49.3 Å². The van der Waals surface area contributed by atoms with Gasteiger partial charge in [0.25, 0.3) is 5.91 Å². The Morgan fingerprint density at radius 2 is 2.00 bits per heavy atom. The van der Waals surface area contributed by atoms with E-state index in [1.807, 2.05) is 30.3 Å². The number of fused-ring (bicyclic) bond motifs is 1. The number of halogens is 1. The van der Waals surface area contributed by atoms with Gasteiger partial charge in [0.1, 0.15) is 11.6 Å². The summed E-state index contributed by atoms with van der Waals surface area (Å²) in [6.45, 7) is 3.06. The van der Waals surface area contributed by atoms with Gasteiger partial charge in [-0.2, -0.15) is 0 Å². The summed E-state index contributed by atoms with van der Waals surface area (Å²) in [5, 5.41) is 3.65. The molecule has 0 spiro atoms. The standard InChI is InChI=1S/C25H29FN2O3/c1-30-20-7-5-17(6-8-20)12-28-13-22-21(25(28)29)9-18(10-23(22)26)24(19-14-31-15-19)27-11-16-3-2-4-16/h5-10,16,19,24,27H,2-4,11-15H2,1H3. The van der Waals surface area contributed by atoms with Crippen molar-refractivity contribution in [2.24, 2.45) is 11.8 Å². The van der Waals surface area contributed by atoms with Crippen molar-refractivity contribution in [3.63, 3.8) is 0 Å². The number of carbonyl (C=O) groups is 1. The molecule has 2 heterocycles. The molecule has 1 atom stereocenters. The Morgan fingerprint density at radius 1 is 1.23 bits per heavy atom. The van der Waals surface area contributed by atoms with Gasteiger partial charge >= 0.3 is 0 Å². The zero-order chi connectivity index (χ0) is 21.4. The van der Waals surface area contributed by atoms with Crippen molar-refractivity contribution in [2.45, 2.75) is 38.4 Å². The average molecular weight is 425 g/mol. The number of amides is 1. The van der Waals surface area contributed by atoms with Crippen molar-refractivity contribution < 1.29 is 18.7 Å². The van der Waals surface area contributed by atoms with Gasteiger partial charge in [-0.15, -0.1) is 0 Å². The Balaban J connectivity index is 1.35. The molecule has 1 N–H and O–H groups in total. The molecule has 1 saturated carbocycles. The fourth-order valence-corrected chi connectivity index (χ4v) is 4.69. The highest BCUT2D eigenvalue weighted by atomic mass is 19.1. The number of nitrogens with zero attached hydrogens (tertiary/aromatic N) is 1. The summed E-state index contributed by atoms with van der Waals surface area (Å²) in [5.74, 6) is 1.42. The van der Waals surface area contributed by atoms with Crippen molar-refractivity contribution >= 4 is 5.91 Å². The highest BCUT2D eigenvalue weighted by molar-refractivity contribution is 5.98. The summed E-state index contributed by atoms with van der Waals surface area (Å²) in [4.78, 5) is 14.8. The fourth-order valence-electron chi connectivity index (χ4n) is 4.69. The lowest BCUT2D eigenvalue weighted by Gasteiger charge is -2.37. The van der Waals surface area contributed by atoms with Crippen molar-refractivity contribution in [1.29, 1.82) is 0 Å². The minimum atomic E-state index is -0.284. The average Bonchev–Trinajstić information content (AvgIpc) is 3.01. The van der Waals surface area contributed by atoms with E-state index in [1.165, 1.54) is 19.3 Å². The maximum atomic E-state index is 15.1. The largest absolute Gasteiger partial charge is 0.497 e. The summed E-state index contributed by atoms with van der Waals surface area (Å²) < 4.78 is 25.7. The Kier molecular flexibility index (Phi) is 5.67. The van der Waals surface area contributed by atoms with E-state index in [0.717, 1.165) is 23.4 Å². The van der Waals surface area contributed by atoms with Crippen LogP contribution in [0.5, 0.6) is 5.75 Å². The molecule has 0 aromatic heterocycles. The van der Waals surface area contributed by atoms with Gasteiger partial charge in [0.05, 0.1) is 26.9 Å². The number of ether oxygens (including phenoxy) is 2. The first-order valence-electron chi connectivity index (χ1n) is 11.2. The monoisotopic (exact) mass is 424 g/mol. The molecule has 2 aliphatic heterocycles. The summed E-state index contributed by atoms with van der Waals surface area (Å²) in [6, 6.07) is 11.2. The van der Waals surface area contributed by atoms with E-state index in [-0.39, 0.29) is 17.8 Å². The van der Waals surface area contributed by atoms with E-state index < -0.39 is 0 Å². The first-order chi connectivity index (χ1) is 15.1. The summed E-state index contributed by atoms with van der Waals surface area (Å²) in [6.07, 6.45) is 3.83. The molecule has 1 unspecified atom stereocenters. The van der Waals surface area contributed by atoms with E-state index in [9.17, 15) is 4.79 Å². The van der Waals surface area contributed by atoms with Crippen molar-refractivity contribution in [2.75, 3.05) is 26.9 Å². The number of hydrogen-bond acceptors (Lipinski definition) is 4. The van der Waals surface area contributed by atoms with E-state index in [2.05, 4.69) is 5.32 Å². The van der Waals surface area contributed by atoms with Crippen LogP contribution in [0.1, 0.15) is 52.4 Å². The molecule has 0 radical (unpaired) electrons. The Hall–Kier alpha value is -2.44. The summed E-state index contributed by atoms with van der Waals surface area (Å²) in [7, 11) is 1.63. The number of hydrogen-bond donors (Lipinski definition) is 1. The quantitative estimate of drug-likeness (QED) is 0.694. The second-order valence-corrected chi connectivity index (χ2v) is 9.02. The Morgan fingerprint density at radius 3 is 2.61 bits per heavy atom. The van der Waals surface area contributed by atoms with E-state index in [1.54, 1.807) is 18.1 Å². The zero-order valence-corrected chi connectivity index (χ0v) is 17.9. The first-order valence-corrected chi connectivity index (χ1v) is 11.2. The highest BCUT2D eigenvalue weighted by Gasteiger charge is 2.35. The summed E-state index contributed by atoms with van der Waals surface area (Å²) in [5.41, 5.74) is 2.86. The molecule has 0 bridgehead atoms. The van der Waals surface area contributed by atoms with E-state index in [4.69, 9.17) is 9.47 Å². The van der Waals surface area contributed by atoms with Gasteiger partial charge < -0.3 is 19.7 Å². The Labute approximate surface area is 182 Å². The highest BCUT2D eigenvalue weighted by Crippen LogP contribution is 2.35. The second-order valence-electron chi connectivity index (χ2n) is 9.02. The number of benzene rings is 2. The van der Waals surface area contributed by atoms with Gasteiger partial charge in [-0.25, -0.2) is 4.39 Å². The Bertz CT molecular complexity index is 954. The molecule has 1 saturated heterocycles. The molecule has 5 nitrogen and oxygen atoms in total. The van der Waals surface area contributed by atoms with Crippen LogP contribution in [0.25, 0.3) is 0 Å². The maximum Gasteiger partial charge on any atom is 0.254 e. The van der Waals surface area contributed by atoms with Crippen molar-refractivity contribution in [1.82, 2.24) is 10.2 Å². The predicted molar refractivity (Wildman–Crippen MR) is 115 cm³/mol. The molecule has 31 heavy (non-hydrogen) atoms. The third-order valence-electron chi connectivity index (χ3n) is 6.96. The molecule has 2 aromatic rings. The number of nitrogens with one attached hydrogen (secondary N) is 1. The normalized spacial score (nSPS) is 19.7. The summed E-state index contributed by atoms with van der Waals surface area (Å²) >= 11 is 0. The van der Waals surface area contributed by atoms with Crippen LogP contribution >= 0.6 is 0 Å². The lowest BCUT2D eigenvalue weighted by Crippen LogP contribution is -2.42. The van der Waals surface area contributed by atoms with Crippen LogP contribution < -0.4 is 10.1 Å². The van der Waals surface area contributed by atoms with Crippen LogP contribution in [0, 0.1) is 17.7 Å². The van der Waals surface area contributed by atoms with Crippen LogP contribution in [0.3, 0.4) is 0 Å². The lowest BCUT2D eigenvalue weighted by molar-refractivity contribution is -0.0512. The minimum Gasteiger partial charge on any atom is -0.497 e. The fraction of sp³-hybridized carbons (Fsp3) is 0.480. The van der Waals surface area contributed by atoms with Crippen LogP contribution in [-0.2, 0) is 17.8 Å². The minimum absolute atomic E-state index is 0.0255. The smallest absolute Gasteiger partial charge is 0.254 e. The maximum absolute atomic E-state index is 15.1. The molecule has 6 heteroatoms. The van der Waals surface area contributed by atoms with E-state index >= 15 is 4.39 Å². The molecule has 5 rings (SSSR count). The third kappa shape index (κ3) is 4.06. The van der Waals surface area contributed by atoms with Crippen LogP contribution in [0.15, 0.2) is 36.4 Å². The van der Waals surface area contributed by atoms with Gasteiger partial charge in [0, 0.05) is 29.6 Å². The molecule has 2 fully saturated rings. The molecular weight excluding hydrogens is 395 g/mol. The van der Waals surface area contributed by atoms with Gasteiger partial charge in [0.2, 0.25) is 0 Å².